The van der Waals surface area contributed by atoms with Crippen LogP contribution in [-0.4, -0.2) is 41.8 Å². The Morgan fingerprint density at radius 2 is 1.25 bits per heavy atom. The topological polar surface area (TPSA) is 57.2 Å². The van der Waals surface area contributed by atoms with Crippen LogP contribution in [0.25, 0.3) is 0 Å². The van der Waals surface area contributed by atoms with Gasteiger partial charge in [-0.1, -0.05) is 51.9 Å². The van der Waals surface area contributed by atoms with E-state index >= 15 is 0 Å². The van der Waals surface area contributed by atoms with E-state index in [0.717, 1.165) is 12.8 Å². The molecule has 0 heterocycles. The third kappa shape index (κ3) is 20.4. The van der Waals surface area contributed by atoms with Crippen molar-refractivity contribution in [1.82, 2.24) is 0 Å². The zero-order valence-electron chi connectivity index (χ0n) is 10.1. The van der Waals surface area contributed by atoms with Crippen molar-refractivity contribution in [2.75, 3.05) is 5.75 Å². The first-order valence-corrected chi connectivity index (χ1v) is 7.07. The summed E-state index contributed by atoms with van der Waals surface area (Å²) >= 11 is 0. The van der Waals surface area contributed by atoms with Crippen LogP contribution < -0.4 is 12.4 Å². The zero-order chi connectivity index (χ0) is 10.9. The summed E-state index contributed by atoms with van der Waals surface area (Å²) in [6.07, 6.45) is 8.66. The van der Waals surface area contributed by atoms with Gasteiger partial charge >= 0.3 is 23.1 Å². The fraction of sp³-hybridized carbons (Fsp3) is 1.00. The molecule has 0 spiro atoms. The first kappa shape index (κ1) is 22.2. The maximum atomic E-state index is 10.2. The SMILES string of the molecule is CCCCCCCCCCS(=O)(=O)[O-].[Cl-].[Mg+2]. The molecule has 16 heavy (non-hydrogen) atoms. The van der Waals surface area contributed by atoms with Gasteiger partial charge in [-0.25, -0.2) is 8.42 Å². The maximum absolute atomic E-state index is 10.2. The van der Waals surface area contributed by atoms with Crippen molar-refractivity contribution in [2.45, 2.75) is 58.3 Å². The average molecular weight is 281 g/mol. The summed E-state index contributed by atoms with van der Waals surface area (Å²) in [4.78, 5) is 0. The minimum Gasteiger partial charge on any atom is -1.00 e. The van der Waals surface area contributed by atoms with E-state index in [0.29, 0.717) is 6.42 Å². The predicted molar refractivity (Wildman–Crippen MR) is 62.9 cm³/mol. The molecule has 0 amide bonds. The minimum absolute atomic E-state index is 0. The predicted octanol–water partition coefficient (Wildman–Crippen LogP) is -0.704. The molecule has 0 bridgehead atoms. The summed E-state index contributed by atoms with van der Waals surface area (Å²) in [5.41, 5.74) is 0. The van der Waals surface area contributed by atoms with Crippen molar-refractivity contribution in [3.8, 4) is 0 Å². The fourth-order valence-corrected chi connectivity index (χ4v) is 1.97. The first-order chi connectivity index (χ1) is 6.56. The van der Waals surface area contributed by atoms with Crippen LogP contribution in [0.2, 0.25) is 0 Å². The number of hydrogen-bond donors (Lipinski definition) is 0. The Morgan fingerprint density at radius 3 is 1.62 bits per heavy atom. The minimum atomic E-state index is -3.98. The molecule has 0 aromatic heterocycles. The molecule has 0 unspecified atom stereocenters. The van der Waals surface area contributed by atoms with Crippen LogP contribution in [0.5, 0.6) is 0 Å². The molecule has 3 nitrogen and oxygen atoms in total. The largest absolute Gasteiger partial charge is 2.00 e. The van der Waals surface area contributed by atoms with E-state index in [1.807, 2.05) is 0 Å². The summed E-state index contributed by atoms with van der Waals surface area (Å²) < 4.78 is 30.7. The van der Waals surface area contributed by atoms with Crippen LogP contribution in [-0.2, 0) is 10.1 Å². The van der Waals surface area contributed by atoms with Crippen LogP contribution in [0, 0.1) is 0 Å². The van der Waals surface area contributed by atoms with Crippen LogP contribution in [0.1, 0.15) is 58.3 Å². The van der Waals surface area contributed by atoms with Gasteiger partial charge in [0.25, 0.3) is 0 Å². The van der Waals surface area contributed by atoms with Crippen LogP contribution in [0.4, 0.5) is 0 Å². The fourth-order valence-electron chi connectivity index (χ4n) is 1.41. The summed E-state index contributed by atoms with van der Waals surface area (Å²) in [7, 11) is -3.98. The van der Waals surface area contributed by atoms with Gasteiger partial charge in [0.2, 0.25) is 0 Å². The third-order valence-electron chi connectivity index (χ3n) is 2.25. The van der Waals surface area contributed by atoms with Gasteiger partial charge in [0.15, 0.2) is 0 Å². The molecular formula is C10H21ClMgO3S. The van der Waals surface area contributed by atoms with E-state index in [1.165, 1.54) is 32.1 Å². The molecule has 0 aromatic carbocycles. The van der Waals surface area contributed by atoms with E-state index in [-0.39, 0.29) is 41.2 Å². The van der Waals surface area contributed by atoms with E-state index in [1.54, 1.807) is 0 Å². The Hall–Kier alpha value is 0.966. The number of unbranched alkanes of at least 4 members (excludes halogenated alkanes) is 7. The molecule has 0 N–H and O–H groups in total. The van der Waals surface area contributed by atoms with Gasteiger partial charge in [0, 0.05) is 5.75 Å². The van der Waals surface area contributed by atoms with E-state index in [9.17, 15) is 13.0 Å². The monoisotopic (exact) mass is 280 g/mol. The normalized spacial score (nSPS) is 10.4. The van der Waals surface area contributed by atoms with Gasteiger partial charge in [0.05, 0.1) is 10.1 Å². The molecule has 0 aromatic rings. The summed E-state index contributed by atoms with van der Waals surface area (Å²) in [6.45, 7) is 2.18. The molecule has 0 radical (unpaired) electrons. The van der Waals surface area contributed by atoms with Gasteiger partial charge in [-0.3, -0.25) is 0 Å². The van der Waals surface area contributed by atoms with E-state index in [2.05, 4.69) is 6.92 Å². The van der Waals surface area contributed by atoms with Crippen molar-refractivity contribution in [1.29, 1.82) is 0 Å². The Balaban J connectivity index is -0.000000845. The second kappa shape index (κ2) is 14.0. The summed E-state index contributed by atoms with van der Waals surface area (Å²) in [5.74, 6) is -0.193. The van der Waals surface area contributed by atoms with E-state index < -0.39 is 10.1 Å². The van der Waals surface area contributed by atoms with Gasteiger partial charge in [0.1, 0.15) is 0 Å². The molecule has 0 aliphatic rings. The van der Waals surface area contributed by atoms with Gasteiger partial charge < -0.3 is 17.0 Å². The maximum Gasteiger partial charge on any atom is 2.00 e. The quantitative estimate of drug-likeness (QED) is 0.319. The zero-order valence-corrected chi connectivity index (χ0v) is 13.1. The molecule has 0 saturated heterocycles. The molecule has 0 rings (SSSR count). The van der Waals surface area contributed by atoms with E-state index in [4.69, 9.17) is 0 Å². The van der Waals surface area contributed by atoms with Gasteiger partial charge in [-0.2, -0.15) is 0 Å². The van der Waals surface area contributed by atoms with Crippen molar-refractivity contribution in [2.24, 2.45) is 0 Å². The Bertz CT molecular complexity index is 220. The second-order valence-electron chi connectivity index (χ2n) is 3.74. The Morgan fingerprint density at radius 1 is 0.875 bits per heavy atom. The number of hydrogen-bond acceptors (Lipinski definition) is 3. The number of halogens is 1. The van der Waals surface area contributed by atoms with Crippen molar-refractivity contribution < 1.29 is 25.4 Å². The van der Waals surface area contributed by atoms with Crippen LogP contribution in [0.3, 0.4) is 0 Å². The Labute approximate surface area is 122 Å². The molecule has 94 valence electrons. The van der Waals surface area contributed by atoms with Crippen molar-refractivity contribution >= 4 is 33.2 Å². The molecular weight excluding hydrogens is 260 g/mol. The smallest absolute Gasteiger partial charge is 1.00 e. The van der Waals surface area contributed by atoms with Crippen LogP contribution in [0.15, 0.2) is 0 Å². The molecule has 0 fully saturated rings. The molecule has 0 aliphatic carbocycles. The third-order valence-corrected chi connectivity index (χ3v) is 3.04. The second-order valence-corrected chi connectivity index (χ2v) is 5.26. The van der Waals surface area contributed by atoms with Crippen molar-refractivity contribution in [3.63, 3.8) is 0 Å². The molecule has 6 heteroatoms. The molecule has 0 atom stereocenters. The standard InChI is InChI=1S/C10H22O3S.ClH.Mg/c1-2-3-4-5-6-7-8-9-10-14(11,12)13;;/h2-10H2,1H3,(H,11,12,13);1H;/q;;+2/p-2. The number of rotatable bonds is 9. The summed E-state index contributed by atoms with van der Waals surface area (Å²) in [6, 6.07) is 0. The van der Waals surface area contributed by atoms with Crippen LogP contribution >= 0.6 is 0 Å². The first-order valence-electron chi connectivity index (χ1n) is 5.50. The van der Waals surface area contributed by atoms with Gasteiger partial charge in [-0.15, -0.1) is 0 Å². The average Bonchev–Trinajstić information content (AvgIpc) is 2.08. The molecule has 0 saturated carbocycles. The molecule has 0 aliphatic heterocycles. The van der Waals surface area contributed by atoms with Crippen molar-refractivity contribution in [3.05, 3.63) is 0 Å². The Kier molecular flexibility index (Phi) is 19.4. The van der Waals surface area contributed by atoms with Gasteiger partial charge in [-0.05, 0) is 6.42 Å². The summed E-state index contributed by atoms with van der Waals surface area (Å²) in [5, 5.41) is 0.